The van der Waals surface area contributed by atoms with Gasteiger partial charge in [0.15, 0.2) is 0 Å². The van der Waals surface area contributed by atoms with Crippen LogP contribution in [0.3, 0.4) is 0 Å². The molecule has 0 bridgehead atoms. The highest BCUT2D eigenvalue weighted by molar-refractivity contribution is 7.92. The third-order valence-corrected chi connectivity index (χ3v) is 3.57. The fraction of sp³-hybridized carbons (Fsp3) is 0.100. The number of aromatic nitrogens is 2. The average Bonchev–Trinajstić information content (AvgIpc) is 2.76. The van der Waals surface area contributed by atoms with Crippen LogP contribution in [0.25, 0.3) is 0 Å². The van der Waals surface area contributed by atoms with E-state index in [0.717, 1.165) is 0 Å². The van der Waals surface area contributed by atoms with E-state index in [-0.39, 0.29) is 10.6 Å². The maximum absolute atomic E-state index is 11.9. The Bertz CT molecular complexity index is 620. The van der Waals surface area contributed by atoms with Crippen LogP contribution in [0.5, 0.6) is 5.75 Å². The third kappa shape index (κ3) is 2.39. The lowest BCUT2D eigenvalue weighted by atomic mass is 10.2. The van der Waals surface area contributed by atoms with Crippen molar-refractivity contribution in [3.63, 3.8) is 0 Å². The number of phenolic OH excluding ortho intramolecular Hbond substituents is 1. The van der Waals surface area contributed by atoms with E-state index >= 15 is 0 Å². The van der Waals surface area contributed by atoms with Gasteiger partial charge in [-0.2, -0.15) is 5.10 Å². The zero-order valence-electron chi connectivity index (χ0n) is 9.01. The zero-order valence-corrected chi connectivity index (χ0v) is 9.82. The molecule has 0 radical (unpaired) electrons. The Hall–Kier alpha value is -2.02. The fourth-order valence-corrected chi connectivity index (χ4v) is 2.39. The Morgan fingerprint density at radius 2 is 2.18 bits per heavy atom. The molecule has 90 valence electrons. The summed E-state index contributed by atoms with van der Waals surface area (Å²) in [5, 5.41) is 15.2. The number of benzene rings is 1. The van der Waals surface area contributed by atoms with Gasteiger partial charge >= 0.3 is 0 Å². The predicted molar refractivity (Wildman–Crippen MR) is 62.2 cm³/mol. The van der Waals surface area contributed by atoms with Gasteiger partial charge in [0.2, 0.25) is 0 Å². The number of aryl methyl sites for hydroxylation is 1. The number of nitrogens with zero attached hydrogens (tertiary/aromatic N) is 1. The van der Waals surface area contributed by atoms with Gasteiger partial charge in [0.1, 0.15) is 10.6 Å². The lowest BCUT2D eigenvalue weighted by Crippen LogP contribution is -2.12. The minimum atomic E-state index is -3.63. The summed E-state index contributed by atoms with van der Waals surface area (Å²) in [5.41, 5.74) is 1.06. The predicted octanol–water partition coefficient (Wildman–Crippen LogP) is 1.22. The molecule has 6 nitrogen and oxygen atoms in total. The fourth-order valence-electron chi connectivity index (χ4n) is 1.35. The highest BCUT2D eigenvalue weighted by Crippen LogP contribution is 2.22. The second-order valence-electron chi connectivity index (χ2n) is 3.54. The van der Waals surface area contributed by atoms with Crippen molar-refractivity contribution in [1.82, 2.24) is 10.2 Å². The third-order valence-electron chi connectivity index (χ3n) is 2.24. The molecule has 3 N–H and O–H groups in total. The number of hydrogen-bond acceptors (Lipinski definition) is 4. The quantitative estimate of drug-likeness (QED) is 0.717. The maximum atomic E-state index is 11.9. The number of nitrogens with one attached hydrogen (secondary N) is 2. The number of phenols is 1. The summed E-state index contributed by atoms with van der Waals surface area (Å²) in [6.07, 6.45) is 2.51. The molecule has 0 aliphatic heterocycles. The van der Waals surface area contributed by atoms with Crippen LogP contribution in [0.15, 0.2) is 35.5 Å². The summed E-state index contributed by atoms with van der Waals surface area (Å²) >= 11 is 0. The smallest absolute Gasteiger partial charge is 0.265 e. The van der Waals surface area contributed by atoms with Gasteiger partial charge in [0.25, 0.3) is 10.0 Å². The van der Waals surface area contributed by atoms with Crippen LogP contribution in [-0.2, 0) is 10.0 Å². The van der Waals surface area contributed by atoms with Crippen molar-refractivity contribution < 1.29 is 13.5 Å². The molecule has 2 rings (SSSR count). The van der Waals surface area contributed by atoms with Crippen molar-refractivity contribution in [2.75, 3.05) is 4.72 Å². The van der Waals surface area contributed by atoms with Crippen LogP contribution in [0.4, 0.5) is 5.69 Å². The summed E-state index contributed by atoms with van der Waals surface area (Å²) in [7, 11) is -3.63. The molecule has 7 heteroatoms. The first-order valence-corrected chi connectivity index (χ1v) is 6.28. The zero-order chi connectivity index (χ0) is 12.5. The maximum Gasteiger partial charge on any atom is 0.265 e. The van der Waals surface area contributed by atoms with Gasteiger partial charge in [-0.15, -0.1) is 0 Å². The molecule has 17 heavy (non-hydrogen) atoms. The van der Waals surface area contributed by atoms with Crippen LogP contribution in [0.1, 0.15) is 5.56 Å². The minimum absolute atomic E-state index is 0.0602. The molecule has 0 saturated carbocycles. The lowest BCUT2D eigenvalue weighted by molar-refractivity contribution is 0.475. The molecule has 0 spiro atoms. The van der Waals surface area contributed by atoms with Crippen LogP contribution < -0.4 is 4.72 Å². The Balaban J connectivity index is 2.33. The van der Waals surface area contributed by atoms with Crippen molar-refractivity contribution in [1.29, 1.82) is 0 Å². The number of aromatic hydroxyl groups is 1. The number of rotatable bonds is 3. The Labute approximate surface area is 98.4 Å². The van der Waals surface area contributed by atoms with Gasteiger partial charge in [-0.3, -0.25) is 9.82 Å². The SMILES string of the molecule is Cc1cc(O)ccc1NS(=O)(=O)c1cn[nH]c1. The van der Waals surface area contributed by atoms with Gasteiger partial charge in [-0.05, 0) is 30.7 Å². The molecule has 1 heterocycles. The largest absolute Gasteiger partial charge is 0.508 e. The molecule has 1 aromatic carbocycles. The first kappa shape index (κ1) is 11.5. The summed E-state index contributed by atoms with van der Waals surface area (Å²) in [6, 6.07) is 4.40. The van der Waals surface area contributed by atoms with E-state index in [1.54, 1.807) is 6.92 Å². The van der Waals surface area contributed by atoms with E-state index in [0.29, 0.717) is 11.3 Å². The molecular weight excluding hydrogens is 242 g/mol. The van der Waals surface area contributed by atoms with Crippen molar-refractivity contribution in [3.05, 3.63) is 36.2 Å². The van der Waals surface area contributed by atoms with Crippen LogP contribution in [0, 0.1) is 6.92 Å². The summed E-state index contributed by atoms with van der Waals surface area (Å²) in [6.45, 7) is 1.70. The Morgan fingerprint density at radius 1 is 1.41 bits per heavy atom. The second kappa shape index (κ2) is 4.10. The normalized spacial score (nSPS) is 11.4. The first-order chi connectivity index (χ1) is 7.99. The van der Waals surface area contributed by atoms with Gasteiger partial charge in [0.05, 0.1) is 11.9 Å². The second-order valence-corrected chi connectivity index (χ2v) is 5.22. The van der Waals surface area contributed by atoms with E-state index in [9.17, 15) is 13.5 Å². The molecule has 0 atom stereocenters. The van der Waals surface area contributed by atoms with E-state index in [4.69, 9.17) is 0 Å². The first-order valence-electron chi connectivity index (χ1n) is 4.80. The number of H-pyrrole nitrogens is 1. The molecule has 0 saturated heterocycles. The van der Waals surface area contributed by atoms with Gasteiger partial charge in [-0.25, -0.2) is 8.42 Å². The monoisotopic (exact) mass is 253 g/mol. The molecule has 0 aliphatic carbocycles. The van der Waals surface area contributed by atoms with Gasteiger partial charge in [-0.1, -0.05) is 0 Å². The van der Waals surface area contributed by atoms with Crippen molar-refractivity contribution in [2.24, 2.45) is 0 Å². The van der Waals surface area contributed by atoms with Gasteiger partial charge < -0.3 is 5.11 Å². The molecule has 0 fully saturated rings. The topological polar surface area (TPSA) is 95.1 Å². The standard InChI is InChI=1S/C10H11N3O3S/c1-7-4-8(14)2-3-10(7)13-17(15,16)9-5-11-12-6-9/h2-6,13-14H,1H3,(H,11,12). The highest BCUT2D eigenvalue weighted by Gasteiger charge is 2.16. The average molecular weight is 253 g/mol. The summed E-state index contributed by atoms with van der Waals surface area (Å²) < 4.78 is 26.1. The molecule has 2 aromatic rings. The van der Waals surface area contributed by atoms with Crippen molar-refractivity contribution in [2.45, 2.75) is 11.8 Å². The van der Waals surface area contributed by atoms with Gasteiger partial charge in [0, 0.05) is 6.20 Å². The highest BCUT2D eigenvalue weighted by atomic mass is 32.2. The Morgan fingerprint density at radius 3 is 2.76 bits per heavy atom. The number of hydrogen-bond donors (Lipinski definition) is 3. The number of anilines is 1. The van der Waals surface area contributed by atoms with E-state index in [1.807, 2.05) is 0 Å². The minimum Gasteiger partial charge on any atom is -0.508 e. The molecule has 0 aliphatic rings. The molecule has 0 unspecified atom stereocenters. The van der Waals surface area contributed by atoms with E-state index in [2.05, 4.69) is 14.9 Å². The van der Waals surface area contributed by atoms with E-state index < -0.39 is 10.0 Å². The lowest BCUT2D eigenvalue weighted by Gasteiger charge is -2.09. The van der Waals surface area contributed by atoms with E-state index in [1.165, 1.54) is 30.6 Å². The number of aromatic amines is 1. The summed E-state index contributed by atoms with van der Waals surface area (Å²) in [5.74, 6) is 0.0914. The van der Waals surface area contributed by atoms with Crippen LogP contribution >= 0.6 is 0 Å². The molecule has 1 aromatic heterocycles. The number of sulfonamides is 1. The van der Waals surface area contributed by atoms with Crippen molar-refractivity contribution in [3.8, 4) is 5.75 Å². The van der Waals surface area contributed by atoms with Crippen LogP contribution in [0.2, 0.25) is 0 Å². The molecule has 0 amide bonds. The molecular formula is C10H11N3O3S. The Kier molecular flexibility index (Phi) is 2.76. The van der Waals surface area contributed by atoms with Crippen LogP contribution in [-0.4, -0.2) is 23.7 Å². The van der Waals surface area contributed by atoms with Crippen molar-refractivity contribution >= 4 is 15.7 Å². The summed E-state index contributed by atoms with van der Waals surface area (Å²) in [4.78, 5) is 0.0602.